The summed E-state index contributed by atoms with van der Waals surface area (Å²) in [7, 11) is 0. The van der Waals surface area contributed by atoms with E-state index in [1.165, 1.54) is 11.8 Å². The zero-order chi connectivity index (χ0) is 20.2. The second-order valence-corrected chi connectivity index (χ2v) is 7.87. The minimum absolute atomic E-state index is 0.0760. The molecule has 1 aliphatic heterocycles. The van der Waals surface area contributed by atoms with Gasteiger partial charge >= 0.3 is 0 Å². The van der Waals surface area contributed by atoms with Gasteiger partial charge in [-0.3, -0.25) is 9.59 Å². The largest absolute Gasteiger partial charge is 0.346 e. The molecule has 1 unspecified atom stereocenters. The van der Waals surface area contributed by atoms with Crippen molar-refractivity contribution in [3.63, 3.8) is 0 Å². The van der Waals surface area contributed by atoms with Gasteiger partial charge < -0.3 is 10.6 Å². The summed E-state index contributed by atoms with van der Waals surface area (Å²) in [6, 6.07) is 24.7. The lowest BCUT2D eigenvalue weighted by Crippen LogP contribution is -2.26. The molecule has 0 aliphatic carbocycles. The molecule has 0 fully saturated rings. The van der Waals surface area contributed by atoms with E-state index < -0.39 is 0 Å². The molecule has 1 heterocycles. The number of rotatable bonds is 4. The van der Waals surface area contributed by atoms with E-state index in [2.05, 4.69) is 10.6 Å². The van der Waals surface area contributed by atoms with Crippen molar-refractivity contribution in [3.8, 4) is 0 Å². The van der Waals surface area contributed by atoms with E-state index in [-0.39, 0.29) is 17.9 Å². The molecule has 5 heteroatoms. The molecule has 0 saturated carbocycles. The molecule has 144 valence electrons. The van der Waals surface area contributed by atoms with Gasteiger partial charge in [-0.05, 0) is 48.4 Å². The van der Waals surface area contributed by atoms with Crippen LogP contribution >= 0.6 is 11.8 Å². The summed E-state index contributed by atoms with van der Waals surface area (Å²) >= 11 is 1.45. The fraction of sp³-hybridized carbons (Fsp3) is 0.0833. The number of carbonyl (C=O) groups excluding carboxylic acids is 2. The summed E-state index contributed by atoms with van der Waals surface area (Å²) in [6.45, 7) is 1.96. The highest BCUT2D eigenvalue weighted by molar-refractivity contribution is 8.04. The molecular formula is C24H20N2O2S. The number of thioether (sulfide) groups is 1. The molecule has 0 aromatic heterocycles. The Labute approximate surface area is 174 Å². The van der Waals surface area contributed by atoms with E-state index in [0.717, 1.165) is 21.7 Å². The van der Waals surface area contributed by atoms with E-state index in [1.807, 2.05) is 79.7 Å². The first-order chi connectivity index (χ1) is 14.1. The van der Waals surface area contributed by atoms with Gasteiger partial charge in [0, 0.05) is 10.5 Å². The second-order valence-electron chi connectivity index (χ2n) is 6.79. The van der Waals surface area contributed by atoms with Crippen LogP contribution in [0, 0.1) is 0 Å². The van der Waals surface area contributed by atoms with Crippen molar-refractivity contribution in [1.82, 2.24) is 5.32 Å². The number of fused-ring (bicyclic) bond motifs is 1. The third-order valence-corrected chi connectivity index (χ3v) is 5.80. The minimum atomic E-state index is -0.126. The summed E-state index contributed by atoms with van der Waals surface area (Å²) < 4.78 is 0. The lowest BCUT2D eigenvalue weighted by molar-refractivity contribution is -0.112. The van der Waals surface area contributed by atoms with Crippen LogP contribution in [-0.4, -0.2) is 11.8 Å². The summed E-state index contributed by atoms with van der Waals surface area (Å²) in [5, 5.41) is 5.91. The normalized spacial score (nSPS) is 15.3. The molecule has 2 N–H and O–H groups in total. The van der Waals surface area contributed by atoms with Crippen LogP contribution in [0.5, 0.6) is 0 Å². The van der Waals surface area contributed by atoms with Crippen molar-refractivity contribution in [1.29, 1.82) is 0 Å². The Morgan fingerprint density at radius 1 is 0.966 bits per heavy atom. The first kappa shape index (κ1) is 19.0. The number of hydrogen-bond acceptors (Lipinski definition) is 3. The van der Waals surface area contributed by atoms with E-state index in [9.17, 15) is 9.59 Å². The van der Waals surface area contributed by atoms with Crippen molar-refractivity contribution >= 4 is 35.3 Å². The van der Waals surface area contributed by atoms with Gasteiger partial charge in [0.2, 0.25) is 0 Å². The fourth-order valence-electron chi connectivity index (χ4n) is 3.09. The molecule has 3 aromatic carbocycles. The lowest BCUT2D eigenvalue weighted by Gasteiger charge is -2.18. The fourth-order valence-corrected chi connectivity index (χ4v) is 4.04. The highest BCUT2D eigenvalue weighted by Crippen LogP contribution is 2.38. The van der Waals surface area contributed by atoms with E-state index in [0.29, 0.717) is 10.5 Å². The van der Waals surface area contributed by atoms with Gasteiger partial charge in [0.15, 0.2) is 0 Å². The molecule has 2 amide bonds. The standard InChI is InChI=1S/C24H20N2O2S/c1-16(18-7-3-2-4-8-18)25-23(27)19-13-11-17(12-14-19)15-22-24(28)26-20-9-5-6-10-21(20)29-22/h2-16H,1H3,(H,25,27)(H,26,28)/b22-15+. The van der Waals surface area contributed by atoms with Gasteiger partial charge in [0.25, 0.3) is 11.8 Å². The van der Waals surface area contributed by atoms with E-state index in [1.54, 1.807) is 12.1 Å². The quantitative estimate of drug-likeness (QED) is 0.587. The first-order valence-corrected chi connectivity index (χ1v) is 10.2. The first-order valence-electron chi connectivity index (χ1n) is 9.36. The molecule has 0 saturated heterocycles. The summed E-state index contributed by atoms with van der Waals surface area (Å²) in [5.74, 6) is -0.244. The average Bonchev–Trinajstić information content (AvgIpc) is 2.75. The van der Waals surface area contributed by atoms with Crippen molar-refractivity contribution < 1.29 is 9.59 Å². The Morgan fingerprint density at radius 2 is 1.66 bits per heavy atom. The molecule has 4 nitrogen and oxygen atoms in total. The Hall–Kier alpha value is -3.31. The number of anilines is 1. The summed E-state index contributed by atoms with van der Waals surface area (Å²) in [4.78, 5) is 26.5. The lowest BCUT2D eigenvalue weighted by atomic mass is 10.1. The summed E-state index contributed by atoms with van der Waals surface area (Å²) in [5.41, 5.74) is 3.35. The monoisotopic (exact) mass is 400 g/mol. The molecule has 1 aliphatic rings. The Morgan fingerprint density at radius 3 is 2.41 bits per heavy atom. The molecule has 29 heavy (non-hydrogen) atoms. The number of hydrogen-bond donors (Lipinski definition) is 2. The third-order valence-electron chi connectivity index (χ3n) is 4.70. The zero-order valence-corrected chi connectivity index (χ0v) is 16.7. The Kier molecular flexibility index (Phi) is 5.49. The van der Waals surface area contributed by atoms with Gasteiger partial charge in [-0.2, -0.15) is 0 Å². The highest BCUT2D eigenvalue weighted by atomic mass is 32.2. The second kappa shape index (κ2) is 8.37. The smallest absolute Gasteiger partial charge is 0.262 e. The molecule has 1 atom stereocenters. The van der Waals surface area contributed by atoms with Crippen LogP contribution in [0.25, 0.3) is 6.08 Å². The minimum Gasteiger partial charge on any atom is -0.346 e. The summed E-state index contributed by atoms with van der Waals surface area (Å²) in [6.07, 6.45) is 1.84. The maximum atomic E-state index is 12.5. The Balaban J connectivity index is 1.46. The van der Waals surface area contributed by atoms with Gasteiger partial charge in [-0.1, -0.05) is 66.4 Å². The van der Waals surface area contributed by atoms with Gasteiger partial charge in [-0.25, -0.2) is 0 Å². The number of nitrogens with one attached hydrogen (secondary N) is 2. The molecule has 3 aromatic rings. The van der Waals surface area contributed by atoms with Crippen LogP contribution in [0.3, 0.4) is 0 Å². The van der Waals surface area contributed by atoms with Crippen LogP contribution in [0.15, 0.2) is 88.7 Å². The predicted octanol–water partition coefficient (Wildman–Crippen LogP) is 5.26. The topological polar surface area (TPSA) is 58.2 Å². The van der Waals surface area contributed by atoms with Gasteiger partial charge in [0.1, 0.15) is 0 Å². The predicted molar refractivity (Wildman–Crippen MR) is 118 cm³/mol. The van der Waals surface area contributed by atoms with Crippen LogP contribution in [-0.2, 0) is 4.79 Å². The Bertz CT molecular complexity index is 1080. The van der Waals surface area contributed by atoms with Crippen molar-refractivity contribution in [2.24, 2.45) is 0 Å². The molecule has 4 rings (SSSR count). The molecule has 0 radical (unpaired) electrons. The number of carbonyl (C=O) groups is 2. The van der Waals surface area contributed by atoms with Crippen molar-refractivity contribution in [2.75, 3.05) is 5.32 Å². The maximum absolute atomic E-state index is 12.5. The van der Waals surface area contributed by atoms with Crippen molar-refractivity contribution in [2.45, 2.75) is 17.9 Å². The van der Waals surface area contributed by atoms with E-state index >= 15 is 0 Å². The zero-order valence-electron chi connectivity index (χ0n) is 15.9. The van der Waals surface area contributed by atoms with Crippen LogP contribution in [0.1, 0.15) is 34.5 Å². The third kappa shape index (κ3) is 4.41. The van der Waals surface area contributed by atoms with Gasteiger partial charge in [0.05, 0.1) is 16.6 Å². The van der Waals surface area contributed by atoms with E-state index in [4.69, 9.17) is 0 Å². The van der Waals surface area contributed by atoms with Crippen LogP contribution in [0.4, 0.5) is 5.69 Å². The highest BCUT2D eigenvalue weighted by Gasteiger charge is 2.20. The SMILES string of the molecule is CC(NC(=O)c1ccc(/C=C2/Sc3ccccc3NC2=O)cc1)c1ccccc1. The number of amides is 2. The average molecular weight is 401 g/mol. The van der Waals surface area contributed by atoms with Gasteiger partial charge in [-0.15, -0.1) is 0 Å². The van der Waals surface area contributed by atoms with Crippen LogP contribution < -0.4 is 10.6 Å². The maximum Gasteiger partial charge on any atom is 0.262 e. The number of para-hydroxylation sites is 1. The molecule has 0 bridgehead atoms. The molecular weight excluding hydrogens is 380 g/mol. The molecule has 0 spiro atoms. The van der Waals surface area contributed by atoms with Crippen molar-refractivity contribution in [3.05, 3.63) is 100 Å². The van der Waals surface area contributed by atoms with Crippen LogP contribution in [0.2, 0.25) is 0 Å². The number of benzene rings is 3.